The number of carboxylic acid groups (broad SMARTS) is 1. The van der Waals surface area contributed by atoms with E-state index in [1.54, 1.807) is 0 Å². The van der Waals surface area contributed by atoms with Gasteiger partial charge < -0.3 is 16.2 Å². The standard InChI is InChI=1S/C21H29N3O2.3ClH/c1-13(2)9-19-17(10-22)21(16-7-5-14(3)6-8-16)18(15(4)24-19)11-23-12-20(25)26;;;/h5-8,13,23H,9-12,22H2,1-4H3,(H,25,26);3*1H. The van der Waals surface area contributed by atoms with Crippen LogP contribution in [0.1, 0.15) is 41.9 Å². The van der Waals surface area contributed by atoms with Crippen molar-refractivity contribution in [2.75, 3.05) is 6.54 Å². The maximum atomic E-state index is 10.9. The Labute approximate surface area is 192 Å². The van der Waals surface area contributed by atoms with Crippen molar-refractivity contribution in [2.24, 2.45) is 11.7 Å². The van der Waals surface area contributed by atoms with E-state index in [1.165, 1.54) is 5.56 Å². The first kappa shape index (κ1) is 29.8. The minimum Gasteiger partial charge on any atom is -0.480 e. The van der Waals surface area contributed by atoms with Gasteiger partial charge in [-0.3, -0.25) is 9.78 Å². The Morgan fingerprint density at radius 2 is 1.69 bits per heavy atom. The van der Waals surface area contributed by atoms with E-state index >= 15 is 0 Å². The van der Waals surface area contributed by atoms with Crippen LogP contribution in [0.4, 0.5) is 0 Å². The highest BCUT2D eigenvalue weighted by molar-refractivity contribution is 5.86. The number of carboxylic acids is 1. The summed E-state index contributed by atoms with van der Waals surface area (Å²) in [6.07, 6.45) is 0.870. The summed E-state index contributed by atoms with van der Waals surface area (Å²) in [6, 6.07) is 8.37. The average Bonchev–Trinajstić information content (AvgIpc) is 2.56. The summed E-state index contributed by atoms with van der Waals surface area (Å²) < 4.78 is 0. The Balaban J connectivity index is 0. The molecule has 0 fully saturated rings. The summed E-state index contributed by atoms with van der Waals surface area (Å²) >= 11 is 0. The van der Waals surface area contributed by atoms with Crippen LogP contribution in [-0.4, -0.2) is 22.6 Å². The number of rotatable bonds is 8. The summed E-state index contributed by atoms with van der Waals surface area (Å²) in [5.41, 5.74) is 13.6. The maximum absolute atomic E-state index is 10.9. The second kappa shape index (κ2) is 13.8. The summed E-state index contributed by atoms with van der Waals surface area (Å²) in [7, 11) is 0. The van der Waals surface area contributed by atoms with E-state index in [0.717, 1.165) is 40.1 Å². The van der Waals surface area contributed by atoms with E-state index in [-0.39, 0.29) is 43.8 Å². The van der Waals surface area contributed by atoms with Crippen LogP contribution in [0.5, 0.6) is 0 Å². The Morgan fingerprint density at radius 3 is 2.17 bits per heavy atom. The molecule has 0 aliphatic rings. The molecule has 1 aromatic carbocycles. The monoisotopic (exact) mass is 463 g/mol. The van der Waals surface area contributed by atoms with E-state index < -0.39 is 5.97 Å². The molecule has 29 heavy (non-hydrogen) atoms. The maximum Gasteiger partial charge on any atom is 0.317 e. The van der Waals surface area contributed by atoms with Crippen molar-refractivity contribution in [3.05, 3.63) is 52.3 Å². The Morgan fingerprint density at radius 1 is 1.10 bits per heavy atom. The Kier molecular flexibility index (Phi) is 14.2. The van der Waals surface area contributed by atoms with Gasteiger partial charge in [-0.15, -0.1) is 37.2 Å². The van der Waals surface area contributed by atoms with Crippen LogP contribution in [-0.2, 0) is 24.3 Å². The number of aryl methyl sites for hydroxylation is 2. The van der Waals surface area contributed by atoms with Crippen molar-refractivity contribution < 1.29 is 9.90 Å². The van der Waals surface area contributed by atoms with Crippen molar-refractivity contribution in [3.63, 3.8) is 0 Å². The topological polar surface area (TPSA) is 88.2 Å². The van der Waals surface area contributed by atoms with Gasteiger partial charge in [-0.25, -0.2) is 0 Å². The highest BCUT2D eigenvalue weighted by Gasteiger charge is 2.19. The number of pyridine rings is 1. The van der Waals surface area contributed by atoms with Crippen molar-refractivity contribution in [3.8, 4) is 11.1 Å². The van der Waals surface area contributed by atoms with E-state index in [2.05, 4.69) is 50.4 Å². The van der Waals surface area contributed by atoms with Gasteiger partial charge in [0.15, 0.2) is 0 Å². The predicted octanol–water partition coefficient (Wildman–Crippen LogP) is 4.46. The van der Waals surface area contributed by atoms with Crippen LogP contribution < -0.4 is 11.1 Å². The van der Waals surface area contributed by atoms with Crippen LogP contribution in [0, 0.1) is 19.8 Å². The van der Waals surface area contributed by atoms with Crippen LogP contribution in [0.15, 0.2) is 24.3 Å². The quantitative estimate of drug-likeness (QED) is 0.536. The molecule has 0 bridgehead atoms. The number of nitrogens with one attached hydrogen (secondary N) is 1. The Hall–Kier alpha value is -1.37. The molecule has 0 amide bonds. The predicted molar refractivity (Wildman–Crippen MR) is 127 cm³/mol. The molecule has 2 rings (SSSR count). The van der Waals surface area contributed by atoms with Gasteiger partial charge in [0.1, 0.15) is 0 Å². The van der Waals surface area contributed by atoms with Gasteiger partial charge in [0.2, 0.25) is 0 Å². The molecule has 5 nitrogen and oxygen atoms in total. The van der Waals surface area contributed by atoms with Crippen LogP contribution in [0.2, 0.25) is 0 Å². The van der Waals surface area contributed by atoms with Crippen molar-refractivity contribution in [1.82, 2.24) is 10.3 Å². The van der Waals surface area contributed by atoms with Gasteiger partial charge in [0, 0.05) is 24.5 Å². The number of nitrogens with zero attached hydrogens (tertiary/aromatic N) is 1. The van der Waals surface area contributed by atoms with E-state index in [0.29, 0.717) is 19.0 Å². The smallest absolute Gasteiger partial charge is 0.317 e. The molecule has 1 aromatic heterocycles. The number of hydrogen-bond donors (Lipinski definition) is 3. The minimum absolute atomic E-state index is 0. The highest BCUT2D eigenvalue weighted by atomic mass is 35.5. The van der Waals surface area contributed by atoms with Crippen LogP contribution >= 0.6 is 37.2 Å². The molecule has 0 unspecified atom stereocenters. The molecule has 2 aromatic rings. The molecule has 0 saturated carbocycles. The third kappa shape index (κ3) is 8.11. The molecule has 0 atom stereocenters. The number of nitrogens with two attached hydrogens (primary N) is 1. The lowest BCUT2D eigenvalue weighted by Gasteiger charge is -2.21. The zero-order valence-electron chi connectivity index (χ0n) is 17.3. The highest BCUT2D eigenvalue weighted by Crippen LogP contribution is 2.32. The molecule has 0 spiro atoms. The first-order chi connectivity index (χ1) is 12.3. The molecule has 0 radical (unpaired) electrons. The van der Waals surface area contributed by atoms with E-state index in [4.69, 9.17) is 15.8 Å². The number of hydrogen-bond acceptors (Lipinski definition) is 4. The molecular formula is C21H32Cl3N3O2. The molecule has 0 aliphatic heterocycles. The fraction of sp³-hybridized carbons (Fsp3) is 0.429. The zero-order valence-corrected chi connectivity index (χ0v) is 19.8. The van der Waals surface area contributed by atoms with Gasteiger partial charge in [-0.2, -0.15) is 0 Å². The number of carbonyl (C=O) groups is 1. The molecule has 8 heteroatoms. The summed E-state index contributed by atoms with van der Waals surface area (Å²) in [4.78, 5) is 15.7. The SMILES string of the molecule is Cc1ccc(-c2c(CNCC(=O)O)c(C)nc(CC(C)C)c2CN)cc1.Cl.Cl.Cl. The second-order valence-corrected chi connectivity index (χ2v) is 7.14. The average molecular weight is 465 g/mol. The lowest BCUT2D eigenvalue weighted by atomic mass is 9.89. The van der Waals surface area contributed by atoms with Crippen LogP contribution in [0.3, 0.4) is 0 Å². The van der Waals surface area contributed by atoms with Crippen molar-refractivity contribution in [2.45, 2.75) is 47.2 Å². The summed E-state index contributed by atoms with van der Waals surface area (Å²) in [6.45, 7) is 9.16. The fourth-order valence-corrected chi connectivity index (χ4v) is 3.20. The van der Waals surface area contributed by atoms with Crippen LogP contribution in [0.25, 0.3) is 11.1 Å². The molecule has 0 saturated heterocycles. The first-order valence-electron chi connectivity index (χ1n) is 9.04. The fourth-order valence-electron chi connectivity index (χ4n) is 3.20. The molecule has 4 N–H and O–H groups in total. The normalized spacial score (nSPS) is 10.0. The zero-order chi connectivity index (χ0) is 19.3. The van der Waals surface area contributed by atoms with Gasteiger partial charge in [-0.05, 0) is 48.4 Å². The van der Waals surface area contributed by atoms with Gasteiger partial charge in [-0.1, -0.05) is 43.7 Å². The van der Waals surface area contributed by atoms with Gasteiger partial charge in [0.25, 0.3) is 0 Å². The largest absolute Gasteiger partial charge is 0.480 e. The number of aliphatic carboxylic acids is 1. The minimum atomic E-state index is -0.872. The van der Waals surface area contributed by atoms with E-state index in [1.807, 2.05) is 6.92 Å². The van der Waals surface area contributed by atoms with Crippen molar-refractivity contribution in [1.29, 1.82) is 0 Å². The molecular weight excluding hydrogens is 433 g/mol. The number of aromatic nitrogens is 1. The lowest BCUT2D eigenvalue weighted by molar-refractivity contribution is -0.136. The first-order valence-corrected chi connectivity index (χ1v) is 9.04. The molecule has 0 aliphatic carbocycles. The Bertz CT molecular complexity index is 782. The third-order valence-electron chi connectivity index (χ3n) is 4.42. The molecule has 164 valence electrons. The lowest BCUT2D eigenvalue weighted by Crippen LogP contribution is -2.24. The van der Waals surface area contributed by atoms with E-state index in [9.17, 15) is 4.79 Å². The molecule has 1 heterocycles. The third-order valence-corrected chi connectivity index (χ3v) is 4.42. The van der Waals surface area contributed by atoms with Crippen molar-refractivity contribution >= 4 is 43.2 Å². The number of halogens is 3. The second-order valence-electron chi connectivity index (χ2n) is 7.14. The number of benzene rings is 1. The van der Waals surface area contributed by atoms with Gasteiger partial charge >= 0.3 is 5.97 Å². The summed E-state index contributed by atoms with van der Waals surface area (Å²) in [5.74, 6) is -0.392. The summed E-state index contributed by atoms with van der Waals surface area (Å²) in [5, 5.41) is 11.9. The van der Waals surface area contributed by atoms with Gasteiger partial charge in [0.05, 0.1) is 6.54 Å².